The molecule has 0 N–H and O–H groups in total. The van der Waals surface area contributed by atoms with Crippen LogP contribution in [-0.4, -0.2) is 25.3 Å². The summed E-state index contributed by atoms with van der Waals surface area (Å²) in [6, 6.07) is -0.367. The summed E-state index contributed by atoms with van der Waals surface area (Å²) in [6.45, 7) is 3.77. The molecule has 0 aliphatic carbocycles. The van der Waals surface area contributed by atoms with E-state index in [1.807, 2.05) is 13.8 Å². The van der Waals surface area contributed by atoms with Gasteiger partial charge in [-0.2, -0.15) is 3.93 Å². The van der Waals surface area contributed by atoms with Crippen molar-refractivity contribution in [3.63, 3.8) is 0 Å². The molecule has 1 aliphatic heterocycles. The highest BCUT2D eigenvalue weighted by Gasteiger charge is 2.54. The minimum absolute atomic E-state index is 0.209. The predicted molar refractivity (Wildman–Crippen MR) is 55.2 cm³/mol. The zero-order valence-electron chi connectivity index (χ0n) is 7.38. The second-order valence-electron chi connectivity index (χ2n) is 2.89. The van der Waals surface area contributed by atoms with E-state index >= 15 is 0 Å². The van der Waals surface area contributed by atoms with Gasteiger partial charge in [-0.15, -0.1) is 0 Å². The van der Waals surface area contributed by atoms with Crippen LogP contribution in [0.1, 0.15) is 26.7 Å². The average molecular weight is 314 g/mol. The van der Waals surface area contributed by atoms with Crippen molar-refractivity contribution in [3.8, 4) is 0 Å². The molecule has 74 valence electrons. The van der Waals surface area contributed by atoms with Crippen molar-refractivity contribution >= 4 is 44.2 Å². The molecule has 0 aromatic heterocycles. The van der Waals surface area contributed by atoms with E-state index in [4.69, 9.17) is 0 Å². The number of hydrogen-bond donors (Lipinski definition) is 0. The molecule has 1 heterocycles. The summed E-state index contributed by atoms with van der Waals surface area (Å²) in [6.07, 6.45) is 1.20. The summed E-state index contributed by atoms with van der Waals surface area (Å²) in [4.78, 5) is 23.1. The third-order valence-electron chi connectivity index (χ3n) is 2.46. The van der Waals surface area contributed by atoms with Gasteiger partial charge in [-0.05, 0) is 12.8 Å². The molecule has 0 aromatic carbocycles. The Morgan fingerprint density at radius 2 is 1.69 bits per heavy atom. The maximum Gasteiger partial charge on any atom is 0.348 e. The quantitative estimate of drug-likeness (QED) is 0.580. The minimum atomic E-state index is -0.722. The third-order valence-corrected chi connectivity index (χ3v) is 4.07. The Balaban J connectivity index is 3.11. The number of urea groups is 1. The highest BCUT2D eigenvalue weighted by atomic mass is 79.9. The van der Waals surface area contributed by atoms with Crippen molar-refractivity contribution in [1.82, 2.24) is 7.85 Å². The molecule has 13 heavy (non-hydrogen) atoms. The fourth-order valence-electron chi connectivity index (χ4n) is 1.44. The molecule has 1 saturated heterocycles. The molecule has 0 atom stereocenters. The summed E-state index contributed by atoms with van der Waals surface area (Å²) in [5.74, 6) is -0.209. The number of carbonyl (C=O) groups is 2. The van der Waals surface area contributed by atoms with Crippen molar-refractivity contribution in [3.05, 3.63) is 0 Å². The van der Waals surface area contributed by atoms with Crippen LogP contribution < -0.4 is 0 Å². The second-order valence-corrected chi connectivity index (χ2v) is 4.31. The predicted octanol–water partition coefficient (Wildman–Crippen LogP) is 2.43. The molecule has 0 saturated carbocycles. The number of carbonyl (C=O) groups excluding carboxylic acids is 2. The van der Waals surface area contributed by atoms with E-state index in [9.17, 15) is 9.59 Å². The molecular formula is C7H10Br2N2O2. The summed E-state index contributed by atoms with van der Waals surface area (Å²) < 4.78 is 2.28. The van der Waals surface area contributed by atoms with Crippen LogP contribution in [0.3, 0.4) is 0 Å². The number of hydrogen-bond acceptors (Lipinski definition) is 2. The molecule has 1 aliphatic rings. The highest BCUT2D eigenvalue weighted by Crippen LogP contribution is 2.37. The van der Waals surface area contributed by atoms with Gasteiger partial charge in [0.1, 0.15) is 5.54 Å². The first kappa shape index (κ1) is 11.0. The van der Waals surface area contributed by atoms with Gasteiger partial charge in [0.05, 0.1) is 32.3 Å². The molecule has 1 rings (SSSR count). The fourth-order valence-corrected chi connectivity index (χ4v) is 2.96. The average Bonchev–Trinajstić information content (AvgIpc) is 2.31. The summed E-state index contributed by atoms with van der Waals surface area (Å²) >= 11 is 6.05. The molecular weight excluding hydrogens is 304 g/mol. The maximum atomic E-state index is 11.7. The van der Waals surface area contributed by atoms with Gasteiger partial charge in [-0.3, -0.25) is 4.79 Å². The molecule has 1 fully saturated rings. The van der Waals surface area contributed by atoms with Crippen LogP contribution in [0.5, 0.6) is 0 Å². The summed E-state index contributed by atoms with van der Waals surface area (Å²) in [5, 5.41) is 0. The minimum Gasteiger partial charge on any atom is -0.271 e. The molecule has 0 radical (unpaired) electrons. The molecule has 4 nitrogen and oxygen atoms in total. The Morgan fingerprint density at radius 1 is 1.23 bits per heavy atom. The van der Waals surface area contributed by atoms with Crippen molar-refractivity contribution in [1.29, 1.82) is 0 Å². The fraction of sp³-hybridized carbons (Fsp3) is 0.714. The van der Waals surface area contributed by atoms with Crippen LogP contribution in [0.4, 0.5) is 4.79 Å². The lowest BCUT2D eigenvalue weighted by molar-refractivity contribution is -0.128. The van der Waals surface area contributed by atoms with Gasteiger partial charge < -0.3 is 0 Å². The Morgan fingerprint density at radius 3 is 1.85 bits per heavy atom. The molecule has 0 unspecified atom stereocenters. The van der Waals surface area contributed by atoms with E-state index in [0.29, 0.717) is 12.8 Å². The SMILES string of the molecule is CCC1(CC)C(=O)N(Br)C(=O)N1Br. The normalized spacial score (nSPS) is 21.5. The van der Waals surface area contributed by atoms with Gasteiger partial charge in [-0.25, -0.2) is 8.72 Å². The zero-order chi connectivity index (χ0) is 10.2. The van der Waals surface area contributed by atoms with Crippen molar-refractivity contribution in [2.75, 3.05) is 0 Å². The van der Waals surface area contributed by atoms with Crippen molar-refractivity contribution in [2.24, 2.45) is 0 Å². The number of imide groups is 1. The standard InChI is InChI=1S/C7H10Br2N2O2/c1-3-7(4-2)5(12)10(8)6(13)11(7)9/h3-4H2,1-2H3. The first-order valence-corrected chi connectivity index (χ1v) is 5.43. The maximum absolute atomic E-state index is 11.7. The molecule has 0 aromatic rings. The van der Waals surface area contributed by atoms with Gasteiger partial charge in [0.15, 0.2) is 0 Å². The van der Waals surface area contributed by atoms with Crippen LogP contribution >= 0.6 is 32.3 Å². The molecule has 3 amide bonds. The van der Waals surface area contributed by atoms with Gasteiger partial charge in [-0.1, -0.05) is 13.8 Å². The molecule has 0 bridgehead atoms. The number of rotatable bonds is 2. The van der Waals surface area contributed by atoms with Crippen LogP contribution in [0, 0.1) is 0 Å². The third kappa shape index (κ3) is 1.30. The van der Waals surface area contributed by atoms with Crippen LogP contribution in [0.25, 0.3) is 0 Å². The lowest BCUT2D eigenvalue weighted by Crippen LogP contribution is -2.43. The molecule has 6 heteroatoms. The van der Waals surface area contributed by atoms with Gasteiger partial charge in [0, 0.05) is 0 Å². The van der Waals surface area contributed by atoms with Crippen molar-refractivity contribution in [2.45, 2.75) is 32.2 Å². The van der Waals surface area contributed by atoms with Gasteiger partial charge in [0.25, 0.3) is 5.91 Å². The highest BCUT2D eigenvalue weighted by molar-refractivity contribution is 9.08. The lowest BCUT2D eigenvalue weighted by atomic mass is 9.93. The first-order chi connectivity index (χ1) is 6.01. The first-order valence-electron chi connectivity index (χ1n) is 4.01. The van der Waals surface area contributed by atoms with Crippen LogP contribution in [-0.2, 0) is 4.79 Å². The van der Waals surface area contributed by atoms with E-state index in [0.717, 1.165) is 3.93 Å². The lowest BCUT2D eigenvalue weighted by Gasteiger charge is -2.27. The Kier molecular flexibility index (Phi) is 3.01. The van der Waals surface area contributed by atoms with Gasteiger partial charge >= 0.3 is 6.03 Å². The van der Waals surface area contributed by atoms with Crippen molar-refractivity contribution < 1.29 is 9.59 Å². The molecule has 0 spiro atoms. The number of nitrogens with zero attached hydrogens (tertiary/aromatic N) is 2. The van der Waals surface area contributed by atoms with Crippen LogP contribution in [0.15, 0.2) is 0 Å². The van der Waals surface area contributed by atoms with Crippen LogP contribution in [0.2, 0.25) is 0 Å². The Hall–Kier alpha value is -0.100. The van der Waals surface area contributed by atoms with E-state index in [1.54, 1.807) is 0 Å². The van der Waals surface area contributed by atoms with E-state index < -0.39 is 5.54 Å². The van der Waals surface area contributed by atoms with Gasteiger partial charge in [0.2, 0.25) is 0 Å². The Labute approximate surface area is 93.9 Å². The topological polar surface area (TPSA) is 40.6 Å². The summed E-state index contributed by atoms with van der Waals surface area (Å²) in [7, 11) is 0. The smallest absolute Gasteiger partial charge is 0.271 e. The summed E-state index contributed by atoms with van der Waals surface area (Å²) in [5.41, 5.74) is -0.722. The monoisotopic (exact) mass is 312 g/mol. The van der Waals surface area contributed by atoms with E-state index in [-0.39, 0.29) is 11.9 Å². The number of amides is 3. The van der Waals surface area contributed by atoms with E-state index in [2.05, 4.69) is 32.3 Å². The number of halogens is 2. The Bertz CT molecular complexity index is 253. The largest absolute Gasteiger partial charge is 0.348 e. The second kappa shape index (κ2) is 3.57. The van der Waals surface area contributed by atoms with E-state index in [1.165, 1.54) is 3.93 Å². The zero-order valence-corrected chi connectivity index (χ0v) is 10.6.